The van der Waals surface area contributed by atoms with Gasteiger partial charge in [-0.2, -0.15) is 0 Å². The average molecular weight is 344 g/mol. The molecule has 0 saturated carbocycles. The number of likely N-dealkylation sites (tertiary alicyclic amines) is 1. The van der Waals surface area contributed by atoms with E-state index >= 15 is 0 Å². The van der Waals surface area contributed by atoms with Crippen LogP contribution in [0.25, 0.3) is 0 Å². The Morgan fingerprint density at radius 3 is 2.79 bits per heavy atom. The summed E-state index contributed by atoms with van der Waals surface area (Å²) in [5, 5.41) is 1.03. The molecule has 0 unspecified atom stereocenters. The molecule has 1 saturated heterocycles. The van der Waals surface area contributed by atoms with Crippen molar-refractivity contribution < 1.29 is 9.53 Å². The molecule has 24 heavy (non-hydrogen) atoms. The molecule has 2 aromatic rings. The number of carbonyl (C=O) groups excluding carboxylic acids is 1. The normalized spacial score (nSPS) is 17.5. The van der Waals surface area contributed by atoms with E-state index in [1.54, 1.807) is 7.11 Å². The molecule has 3 rings (SSSR count). The fourth-order valence-electron chi connectivity index (χ4n) is 3.27. The van der Waals surface area contributed by atoms with Crippen LogP contribution in [0.15, 0.2) is 24.3 Å². The van der Waals surface area contributed by atoms with Crippen molar-refractivity contribution in [1.29, 1.82) is 0 Å². The van der Waals surface area contributed by atoms with Gasteiger partial charge in [-0.1, -0.05) is 32.0 Å². The van der Waals surface area contributed by atoms with Gasteiger partial charge in [0.05, 0.1) is 23.9 Å². The molecule has 128 valence electrons. The van der Waals surface area contributed by atoms with Crippen molar-refractivity contribution in [2.24, 2.45) is 0 Å². The van der Waals surface area contributed by atoms with Crippen molar-refractivity contribution in [2.75, 3.05) is 13.7 Å². The number of amides is 1. The van der Waals surface area contributed by atoms with Crippen LogP contribution >= 0.6 is 11.3 Å². The zero-order chi connectivity index (χ0) is 17.3. The summed E-state index contributed by atoms with van der Waals surface area (Å²) in [5.74, 6) is 1.30. The predicted octanol–water partition coefficient (Wildman–Crippen LogP) is 4.56. The first-order chi connectivity index (χ1) is 11.5. The molecular formula is C19H24N2O2S. The molecule has 0 spiro atoms. The molecule has 2 heterocycles. The Labute approximate surface area is 147 Å². The number of para-hydroxylation sites is 1. The van der Waals surface area contributed by atoms with E-state index in [9.17, 15) is 4.79 Å². The first kappa shape index (κ1) is 17.0. The number of benzene rings is 1. The number of hydrogen-bond acceptors (Lipinski definition) is 4. The second-order valence-corrected chi connectivity index (χ2v) is 7.55. The standard InChI is InChI=1S/C19H24N2O2S/c1-12(2)18-20-13(3)17(24-18)19(22)21-11-7-9-15(21)14-8-5-6-10-16(14)23-4/h5-6,8,10,12,15H,7,9,11H2,1-4H3/t15-/m1/s1. The molecule has 1 aromatic heterocycles. The molecule has 0 aliphatic carbocycles. The molecule has 0 N–H and O–H groups in total. The Morgan fingerprint density at radius 2 is 2.12 bits per heavy atom. The quantitative estimate of drug-likeness (QED) is 0.816. The SMILES string of the molecule is COc1ccccc1[C@H]1CCCN1C(=O)c1sc(C(C)C)nc1C. The summed E-state index contributed by atoms with van der Waals surface area (Å²) in [5.41, 5.74) is 1.94. The predicted molar refractivity (Wildman–Crippen MR) is 96.9 cm³/mol. The zero-order valence-electron chi connectivity index (χ0n) is 14.7. The number of rotatable bonds is 4. The first-order valence-electron chi connectivity index (χ1n) is 8.44. The summed E-state index contributed by atoms with van der Waals surface area (Å²) < 4.78 is 5.50. The minimum Gasteiger partial charge on any atom is -0.496 e. The van der Waals surface area contributed by atoms with E-state index in [2.05, 4.69) is 24.9 Å². The average Bonchev–Trinajstić information content (AvgIpc) is 3.21. The molecule has 1 aliphatic rings. The van der Waals surface area contributed by atoms with E-state index in [4.69, 9.17) is 4.74 Å². The summed E-state index contributed by atoms with van der Waals surface area (Å²) in [6, 6.07) is 8.08. The van der Waals surface area contributed by atoms with Gasteiger partial charge >= 0.3 is 0 Å². The summed E-state index contributed by atoms with van der Waals surface area (Å²) in [4.78, 5) is 20.5. The summed E-state index contributed by atoms with van der Waals surface area (Å²) in [6.07, 6.45) is 1.99. The fourth-order valence-corrected chi connectivity index (χ4v) is 4.29. The van der Waals surface area contributed by atoms with Gasteiger partial charge in [0.1, 0.15) is 10.6 Å². The Kier molecular flexibility index (Phi) is 4.90. The first-order valence-corrected chi connectivity index (χ1v) is 9.25. The number of ether oxygens (including phenoxy) is 1. The van der Waals surface area contributed by atoms with E-state index < -0.39 is 0 Å². The van der Waals surface area contributed by atoms with E-state index in [0.717, 1.165) is 46.3 Å². The van der Waals surface area contributed by atoms with Crippen molar-refractivity contribution >= 4 is 17.2 Å². The summed E-state index contributed by atoms with van der Waals surface area (Å²) in [7, 11) is 1.68. The van der Waals surface area contributed by atoms with Gasteiger partial charge in [-0.25, -0.2) is 4.98 Å². The molecule has 1 aromatic carbocycles. The molecule has 0 radical (unpaired) electrons. The Bertz CT molecular complexity index is 739. The molecular weight excluding hydrogens is 320 g/mol. The Hall–Kier alpha value is -1.88. The monoisotopic (exact) mass is 344 g/mol. The third kappa shape index (κ3) is 3.05. The minimum atomic E-state index is 0.0812. The lowest BCUT2D eigenvalue weighted by molar-refractivity contribution is 0.0738. The van der Waals surface area contributed by atoms with E-state index in [-0.39, 0.29) is 11.9 Å². The van der Waals surface area contributed by atoms with Crippen LogP contribution in [0, 0.1) is 6.92 Å². The van der Waals surface area contributed by atoms with Gasteiger partial charge in [0, 0.05) is 18.0 Å². The highest BCUT2D eigenvalue weighted by atomic mass is 32.1. The van der Waals surface area contributed by atoms with Gasteiger partial charge in [-0.05, 0) is 25.8 Å². The van der Waals surface area contributed by atoms with Gasteiger partial charge in [-0.15, -0.1) is 11.3 Å². The van der Waals surface area contributed by atoms with Gasteiger partial charge < -0.3 is 9.64 Å². The minimum absolute atomic E-state index is 0.0812. The van der Waals surface area contributed by atoms with Crippen LogP contribution in [0.1, 0.15) is 64.6 Å². The van der Waals surface area contributed by atoms with E-state index in [1.807, 2.05) is 30.0 Å². The molecule has 1 fully saturated rings. The summed E-state index contributed by atoms with van der Waals surface area (Å²) in [6.45, 7) is 6.94. The maximum absolute atomic E-state index is 13.1. The molecule has 1 amide bonds. The van der Waals surface area contributed by atoms with E-state index in [1.165, 1.54) is 11.3 Å². The van der Waals surface area contributed by atoms with Crippen LogP contribution in [0.5, 0.6) is 5.75 Å². The van der Waals surface area contributed by atoms with Crippen LogP contribution in [0.2, 0.25) is 0 Å². The van der Waals surface area contributed by atoms with Crippen molar-refractivity contribution in [3.8, 4) is 5.75 Å². The largest absolute Gasteiger partial charge is 0.496 e. The third-order valence-electron chi connectivity index (χ3n) is 4.51. The highest BCUT2D eigenvalue weighted by molar-refractivity contribution is 7.13. The molecule has 5 heteroatoms. The van der Waals surface area contributed by atoms with Crippen LogP contribution < -0.4 is 4.74 Å². The maximum Gasteiger partial charge on any atom is 0.266 e. The zero-order valence-corrected chi connectivity index (χ0v) is 15.5. The number of aryl methyl sites for hydroxylation is 1. The second kappa shape index (κ2) is 6.93. The number of nitrogens with zero attached hydrogens (tertiary/aromatic N) is 2. The van der Waals surface area contributed by atoms with Crippen molar-refractivity contribution in [1.82, 2.24) is 9.88 Å². The Morgan fingerprint density at radius 1 is 1.38 bits per heavy atom. The van der Waals surface area contributed by atoms with Gasteiger partial charge in [0.2, 0.25) is 0 Å². The topological polar surface area (TPSA) is 42.4 Å². The van der Waals surface area contributed by atoms with Crippen LogP contribution in [-0.2, 0) is 0 Å². The fraction of sp³-hybridized carbons (Fsp3) is 0.474. The van der Waals surface area contributed by atoms with Gasteiger partial charge in [-0.3, -0.25) is 4.79 Å². The highest BCUT2D eigenvalue weighted by Crippen LogP contribution is 2.38. The van der Waals surface area contributed by atoms with Crippen LogP contribution in [0.4, 0.5) is 0 Å². The number of thiazole rings is 1. The van der Waals surface area contributed by atoms with Crippen molar-refractivity contribution in [3.63, 3.8) is 0 Å². The van der Waals surface area contributed by atoms with Crippen molar-refractivity contribution in [2.45, 2.75) is 45.6 Å². The summed E-state index contributed by atoms with van der Waals surface area (Å²) >= 11 is 1.54. The lowest BCUT2D eigenvalue weighted by Crippen LogP contribution is -2.30. The number of carbonyl (C=O) groups is 1. The van der Waals surface area contributed by atoms with Gasteiger partial charge in [0.25, 0.3) is 5.91 Å². The lowest BCUT2D eigenvalue weighted by atomic mass is 10.0. The van der Waals surface area contributed by atoms with Crippen molar-refractivity contribution in [3.05, 3.63) is 45.4 Å². The lowest BCUT2D eigenvalue weighted by Gasteiger charge is -2.26. The van der Waals surface area contributed by atoms with Gasteiger partial charge in [0.15, 0.2) is 0 Å². The molecule has 1 aliphatic heterocycles. The van der Waals surface area contributed by atoms with Crippen LogP contribution in [0.3, 0.4) is 0 Å². The number of aromatic nitrogens is 1. The molecule has 4 nitrogen and oxygen atoms in total. The highest BCUT2D eigenvalue weighted by Gasteiger charge is 2.34. The second-order valence-electron chi connectivity index (χ2n) is 6.52. The molecule has 0 bridgehead atoms. The van der Waals surface area contributed by atoms with E-state index in [0.29, 0.717) is 5.92 Å². The maximum atomic E-state index is 13.1. The number of methoxy groups -OCH3 is 1. The molecule has 1 atom stereocenters. The smallest absolute Gasteiger partial charge is 0.266 e. The third-order valence-corrected chi connectivity index (χ3v) is 5.96. The Balaban J connectivity index is 1.92. The van der Waals surface area contributed by atoms with Crippen LogP contribution in [-0.4, -0.2) is 29.4 Å². The number of hydrogen-bond donors (Lipinski definition) is 0.